The summed E-state index contributed by atoms with van der Waals surface area (Å²) in [5.74, 6) is -1.88. The van der Waals surface area contributed by atoms with Gasteiger partial charge in [0.05, 0.1) is 5.69 Å². The van der Waals surface area contributed by atoms with Gasteiger partial charge < -0.3 is 14.9 Å². The van der Waals surface area contributed by atoms with Crippen LogP contribution < -0.4 is 4.90 Å². The van der Waals surface area contributed by atoms with Gasteiger partial charge >= 0.3 is 5.97 Å². The topological polar surface area (TPSA) is 43.8 Å². The molecule has 0 unspecified atom stereocenters. The molecule has 1 saturated heterocycles. The Morgan fingerprint density at radius 1 is 1.28 bits per heavy atom. The molecule has 0 amide bonds. The van der Waals surface area contributed by atoms with Crippen LogP contribution in [0.3, 0.4) is 0 Å². The van der Waals surface area contributed by atoms with Gasteiger partial charge in [0.25, 0.3) is 0 Å². The third kappa shape index (κ3) is 2.61. The maximum atomic E-state index is 13.6. The minimum Gasteiger partial charge on any atom is -0.478 e. The quantitative estimate of drug-likeness (QED) is 0.869. The highest BCUT2D eigenvalue weighted by molar-refractivity contribution is 5.94. The van der Waals surface area contributed by atoms with Crippen molar-refractivity contribution in [3.63, 3.8) is 0 Å². The molecule has 1 N–H and O–H groups in total. The van der Waals surface area contributed by atoms with Crippen molar-refractivity contribution >= 4 is 11.7 Å². The highest BCUT2D eigenvalue weighted by Gasteiger charge is 2.21. The first-order valence-corrected chi connectivity index (χ1v) is 6.05. The molecule has 1 aliphatic heterocycles. The van der Waals surface area contributed by atoms with E-state index < -0.39 is 11.8 Å². The second kappa shape index (κ2) is 5.35. The van der Waals surface area contributed by atoms with E-state index in [-0.39, 0.29) is 5.56 Å². The van der Waals surface area contributed by atoms with Crippen LogP contribution >= 0.6 is 0 Å². The van der Waals surface area contributed by atoms with Crippen molar-refractivity contribution in [2.45, 2.75) is 6.42 Å². The molecule has 0 aliphatic carbocycles. The van der Waals surface area contributed by atoms with Crippen molar-refractivity contribution < 1.29 is 14.3 Å². The number of carbonyl (C=O) groups is 1. The zero-order valence-electron chi connectivity index (χ0n) is 10.4. The van der Waals surface area contributed by atoms with Crippen molar-refractivity contribution in [1.29, 1.82) is 0 Å². The number of rotatable bonds is 2. The molecule has 1 heterocycles. The maximum Gasteiger partial charge on any atom is 0.340 e. The Balaban J connectivity index is 2.32. The molecule has 0 bridgehead atoms. The third-order valence-corrected chi connectivity index (χ3v) is 3.27. The van der Waals surface area contributed by atoms with Crippen molar-refractivity contribution in [2.24, 2.45) is 0 Å². The highest BCUT2D eigenvalue weighted by atomic mass is 19.1. The van der Waals surface area contributed by atoms with E-state index in [9.17, 15) is 9.18 Å². The van der Waals surface area contributed by atoms with Gasteiger partial charge in [-0.05, 0) is 32.1 Å². The number of halogens is 1. The Kier molecular flexibility index (Phi) is 3.81. The van der Waals surface area contributed by atoms with E-state index >= 15 is 0 Å². The highest BCUT2D eigenvalue weighted by Crippen LogP contribution is 2.24. The summed E-state index contributed by atoms with van der Waals surface area (Å²) < 4.78 is 13.6. The van der Waals surface area contributed by atoms with Crippen LogP contribution in [0, 0.1) is 5.82 Å². The summed E-state index contributed by atoms with van der Waals surface area (Å²) in [5, 5.41) is 9.12. The summed E-state index contributed by atoms with van der Waals surface area (Å²) in [7, 11) is 2.03. The molecular weight excluding hydrogens is 235 g/mol. The zero-order valence-corrected chi connectivity index (χ0v) is 10.4. The lowest BCUT2D eigenvalue weighted by atomic mass is 10.1. The first kappa shape index (κ1) is 12.8. The SMILES string of the molecule is CN1CCCN(c2cccc(F)c2C(=O)O)CC1. The van der Waals surface area contributed by atoms with E-state index in [1.165, 1.54) is 6.07 Å². The van der Waals surface area contributed by atoms with E-state index in [0.29, 0.717) is 5.69 Å². The molecule has 1 fully saturated rings. The number of carboxylic acids is 1. The number of hydrogen-bond acceptors (Lipinski definition) is 3. The van der Waals surface area contributed by atoms with Gasteiger partial charge in [-0.3, -0.25) is 0 Å². The second-order valence-electron chi connectivity index (χ2n) is 4.58. The fraction of sp³-hybridized carbons (Fsp3) is 0.462. The van der Waals surface area contributed by atoms with Gasteiger partial charge in [-0.2, -0.15) is 0 Å². The van der Waals surface area contributed by atoms with E-state index in [1.54, 1.807) is 12.1 Å². The van der Waals surface area contributed by atoms with Crippen molar-refractivity contribution in [2.75, 3.05) is 38.1 Å². The first-order valence-electron chi connectivity index (χ1n) is 6.05. The Hall–Kier alpha value is -1.62. The molecule has 0 atom stereocenters. The smallest absolute Gasteiger partial charge is 0.340 e. The number of carboxylic acid groups (broad SMARTS) is 1. The van der Waals surface area contributed by atoms with Gasteiger partial charge in [0, 0.05) is 19.6 Å². The lowest BCUT2D eigenvalue weighted by Gasteiger charge is -2.24. The molecule has 98 valence electrons. The molecule has 1 aromatic carbocycles. The zero-order chi connectivity index (χ0) is 13.1. The molecule has 1 aliphatic rings. The summed E-state index contributed by atoms with van der Waals surface area (Å²) in [5.41, 5.74) is 0.264. The second-order valence-corrected chi connectivity index (χ2v) is 4.58. The van der Waals surface area contributed by atoms with Gasteiger partial charge in [-0.1, -0.05) is 6.07 Å². The minimum absolute atomic E-state index is 0.220. The van der Waals surface area contributed by atoms with E-state index in [0.717, 1.165) is 32.6 Å². The fourth-order valence-electron chi connectivity index (χ4n) is 2.28. The van der Waals surface area contributed by atoms with Gasteiger partial charge in [0.2, 0.25) is 0 Å². The monoisotopic (exact) mass is 252 g/mol. The number of anilines is 1. The van der Waals surface area contributed by atoms with Crippen LogP contribution in [0.15, 0.2) is 18.2 Å². The van der Waals surface area contributed by atoms with E-state index in [2.05, 4.69) is 4.90 Å². The van der Waals surface area contributed by atoms with Gasteiger partial charge in [0.15, 0.2) is 0 Å². The maximum absolute atomic E-state index is 13.6. The van der Waals surface area contributed by atoms with Crippen LogP contribution in [0.4, 0.5) is 10.1 Å². The Labute approximate surface area is 106 Å². The summed E-state index contributed by atoms with van der Waals surface area (Å²) in [6.07, 6.45) is 0.950. The molecule has 0 radical (unpaired) electrons. The summed E-state index contributed by atoms with van der Waals surface area (Å²) >= 11 is 0. The molecule has 18 heavy (non-hydrogen) atoms. The molecule has 0 saturated carbocycles. The lowest BCUT2D eigenvalue weighted by molar-refractivity contribution is 0.0692. The molecule has 4 nitrogen and oxygen atoms in total. The first-order chi connectivity index (χ1) is 8.59. The van der Waals surface area contributed by atoms with Gasteiger partial charge in [-0.15, -0.1) is 0 Å². The third-order valence-electron chi connectivity index (χ3n) is 3.27. The largest absolute Gasteiger partial charge is 0.478 e. The van der Waals surface area contributed by atoms with Gasteiger partial charge in [-0.25, -0.2) is 9.18 Å². The number of aromatic carboxylic acids is 1. The lowest BCUT2D eigenvalue weighted by Crippen LogP contribution is -2.30. The standard InChI is InChI=1S/C13H17FN2O2/c1-15-6-3-7-16(9-8-15)11-5-2-4-10(14)12(11)13(17)18/h2,4-5H,3,6-9H2,1H3,(H,17,18). The summed E-state index contributed by atoms with van der Waals surface area (Å²) in [6.45, 7) is 3.32. The molecule has 2 rings (SSSR count). The van der Waals surface area contributed by atoms with Crippen LogP contribution in [0.5, 0.6) is 0 Å². The van der Waals surface area contributed by atoms with Crippen LogP contribution in [0.2, 0.25) is 0 Å². The number of benzene rings is 1. The molecule has 0 spiro atoms. The average Bonchev–Trinajstić information content (AvgIpc) is 2.53. The van der Waals surface area contributed by atoms with Crippen LogP contribution in [0.25, 0.3) is 0 Å². The van der Waals surface area contributed by atoms with Crippen molar-refractivity contribution in [3.05, 3.63) is 29.6 Å². The predicted molar refractivity (Wildman–Crippen MR) is 67.7 cm³/mol. The number of hydrogen-bond donors (Lipinski definition) is 1. The average molecular weight is 252 g/mol. The molecule has 0 aromatic heterocycles. The number of likely N-dealkylation sites (N-methyl/N-ethyl adjacent to an activating group) is 1. The molecule has 1 aromatic rings. The molecular formula is C13H17FN2O2. The molecule has 5 heteroatoms. The van der Waals surface area contributed by atoms with Crippen LogP contribution in [0.1, 0.15) is 16.8 Å². The van der Waals surface area contributed by atoms with E-state index in [1.807, 2.05) is 11.9 Å². The van der Waals surface area contributed by atoms with E-state index in [4.69, 9.17) is 5.11 Å². The number of nitrogens with zero attached hydrogens (tertiary/aromatic N) is 2. The summed E-state index contributed by atoms with van der Waals surface area (Å²) in [6, 6.07) is 4.43. The van der Waals surface area contributed by atoms with Crippen LogP contribution in [-0.4, -0.2) is 49.2 Å². The van der Waals surface area contributed by atoms with Crippen molar-refractivity contribution in [1.82, 2.24) is 4.90 Å². The normalized spacial score (nSPS) is 17.6. The fourth-order valence-corrected chi connectivity index (χ4v) is 2.28. The Morgan fingerprint density at radius 2 is 2.06 bits per heavy atom. The Bertz CT molecular complexity index is 451. The van der Waals surface area contributed by atoms with Crippen LogP contribution in [-0.2, 0) is 0 Å². The van der Waals surface area contributed by atoms with Gasteiger partial charge in [0.1, 0.15) is 11.4 Å². The Morgan fingerprint density at radius 3 is 2.78 bits per heavy atom. The summed E-state index contributed by atoms with van der Waals surface area (Å²) in [4.78, 5) is 15.3. The minimum atomic E-state index is -1.21. The van der Waals surface area contributed by atoms with Crippen molar-refractivity contribution in [3.8, 4) is 0 Å². The predicted octanol–water partition coefficient (Wildman–Crippen LogP) is 1.67.